The van der Waals surface area contributed by atoms with Gasteiger partial charge in [0.2, 0.25) is 11.8 Å². The third-order valence-corrected chi connectivity index (χ3v) is 9.29. The van der Waals surface area contributed by atoms with Gasteiger partial charge < -0.3 is 20.1 Å². The lowest BCUT2D eigenvalue weighted by atomic mass is 9.91. The number of hydrogen-bond donors (Lipinski definition) is 2. The Bertz CT molecular complexity index is 1250. The van der Waals surface area contributed by atoms with E-state index in [-0.39, 0.29) is 49.4 Å². The van der Waals surface area contributed by atoms with Crippen LogP contribution in [0.5, 0.6) is 0 Å². The number of amides is 2. The maximum Gasteiger partial charge on any atom is 0.309 e. The number of esters is 1. The predicted octanol–water partition coefficient (Wildman–Crippen LogP) is 4.90. The molecule has 2 amide bonds. The van der Waals surface area contributed by atoms with Crippen LogP contribution >= 0.6 is 0 Å². The monoisotopic (exact) mass is 572 g/mol. The van der Waals surface area contributed by atoms with E-state index in [0.717, 1.165) is 61.6 Å². The number of carbonyl (C=O) groups is 3. The molecular formula is C35H44N2O5. The van der Waals surface area contributed by atoms with Gasteiger partial charge in [-0.1, -0.05) is 79.6 Å². The maximum atomic E-state index is 13.8. The van der Waals surface area contributed by atoms with Crippen LogP contribution in [0, 0.1) is 11.8 Å². The third kappa shape index (κ3) is 7.49. The molecule has 2 heterocycles. The van der Waals surface area contributed by atoms with Crippen molar-refractivity contribution in [1.82, 2.24) is 10.2 Å². The van der Waals surface area contributed by atoms with Gasteiger partial charge in [0.1, 0.15) is 6.61 Å². The summed E-state index contributed by atoms with van der Waals surface area (Å²) in [6.45, 7) is 0.486. The zero-order valence-corrected chi connectivity index (χ0v) is 24.5. The van der Waals surface area contributed by atoms with E-state index in [9.17, 15) is 19.5 Å². The number of benzene rings is 2. The minimum absolute atomic E-state index is 0.0733. The summed E-state index contributed by atoms with van der Waals surface area (Å²) in [5.74, 6) is -1.24. The Kier molecular flexibility index (Phi) is 10.1. The van der Waals surface area contributed by atoms with Gasteiger partial charge in [0.05, 0.1) is 30.0 Å². The van der Waals surface area contributed by atoms with Gasteiger partial charge in [-0.25, -0.2) is 0 Å². The third-order valence-electron chi connectivity index (χ3n) is 9.29. The number of rotatable bonds is 5. The standard InChI is InChI=1S/C35H44N2O5/c38-24-31-21-27-14-8-9-17-30(27)23-37(31)32(39)22-28-15-6-1-2-7-16-29(20-26-12-4-3-5-13-26)34(41)42-25-35(36-33(28)40)18-10-11-19-35/h1,3-6,8-9,12-14,17,28-29,31,38H,2,7,10-11,15-16,18-25H2,(H,36,40). The first-order valence-electron chi connectivity index (χ1n) is 15.6. The molecule has 0 saturated heterocycles. The summed E-state index contributed by atoms with van der Waals surface area (Å²) in [4.78, 5) is 42.5. The first-order valence-corrected chi connectivity index (χ1v) is 15.6. The van der Waals surface area contributed by atoms with Gasteiger partial charge in [-0.15, -0.1) is 0 Å². The van der Waals surface area contributed by atoms with Gasteiger partial charge in [-0.05, 0) is 68.1 Å². The van der Waals surface area contributed by atoms with E-state index in [2.05, 4.69) is 11.4 Å². The van der Waals surface area contributed by atoms with Crippen LogP contribution in [0.2, 0.25) is 0 Å². The van der Waals surface area contributed by atoms with E-state index < -0.39 is 11.5 Å². The number of nitrogens with zero attached hydrogens (tertiary/aromatic N) is 1. The van der Waals surface area contributed by atoms with Crippen LogP contribution in [0.25, 0.3) is 0 Å². The minimum Gasteiger partial charge on any atom is -0.463 e. The van der Waals surface area contributed by atoms with Gasteiger partial charge in [-0.2, -0.15) is 0 Å². The highest BCUT2D eigenvalue weighted by atomic mass is 16.5. The summed E-state index contributed by atoms with van der Waals surface area (Å²) in [5.41, 5.74) is 2.76. The van der Waals surface area contributed by atoms with E-state index in [1.807, 2.05) is 60.7 Å². The molecule has 0 radical (unpaired) electrons. The van der Waals surface area contributed by atoms with Crippen LogP contribution < -0.4 is 5.32 Å². The molecule has 1 aliphatic carbocycles. The highest BCUT2D eigenvalue weighted by Gasteiger charge is 2.40. The van der Waals surface area contributed by atoms with Crippen LogP contribution in [-0.4, -0.2) is 52.6 Å². The van der Waals surface area contributed by atoms with E-state index in [1.165, 1.54) is 0 Å². The lowest BCUT2D eigenvalue weighted by molar-refractivity contribution is -0.152. The number of hydrogen-bond acceptors (Lipinski definition) is 5. The fourth-order valence-electron chi connectivity index (χ4n) is 6.76. The van der Waals surface area contributed by atoms with Crippen molar-refractivity contribution in [2.45, 2.75) is 88.8 Å². The summed E-state index contributed by atoms with van der Waals surface area (Å²) in [6, 6.07) is 17.8. The summed E-state index contributed by atoms with van der Waals surface area (Å²) in [7, 11) is 0. The fraction of sp³-hybridized carbons (Fsp3) is 0.514. The smallest absolute Gasteiger partial charge is 0.309 e. The summed E-state index contributed by atoms with van der Waals surface area (Å²) in [6.07, 6.45) is 11.7. The normalized spacial score (nSPS) is 24.9. The average Bonchev–Trinajstić information content (AvgIpc) is 3.47. The number of fused-ring (bicyclic) bond motifs is 1. The van der Waals surface area contributed by atoms with Gasteiger partial charge in [-0.3, -0.25) is 14.4 Å². The first kappa shape index (κ1) is 30.0. The Balaban J connectivity index is 1.31. The molecule has 3 aliphatic rings. The Morgan fingerprint density at radius 2 is 1.69 bits per heavy atom. The molecule has 1 fully saturated rings. The lowest BCUT2D eigenvalue weighted by Crippen LogP contribution is -2.53. The number of nitrogens with one attached hydrogen (secondary N) is 1. The van der Waals surface area contributed by atoms with Crippen LogP contribution in [0.15, 0.2) is 66.7 Å². The molecule has 3 unspecified atom stereocenters. The quantitative estimate of drug-likeness (QED) is 0.393. The molecule has 7 nitrogen and oxygen atoms in total. The number of carbonyl (C=O) groups excluding carboxylic acids is 3. The SMILES string of the molecule is O=C1NC2(CCCC2)COC(=O)C(Cc2ccccc2)CCCC=CCC1CC(=O)N1Cc2ccccc2CC1CO. The van der Waals surface area contributed by atoms with Crippen molar-refractivity contribution in [2.75, 3.05) is 13.2 Å². The van der Waals surface area contributed by atoms with Crippen molar-refractivity contribution in [3.8, 4) is 0 Å². The lowest BCUT2D eigenvalue weighted by Gasteiger charge is -2.37. The predicted molar refractivity (Wildman–Crippen MR) is 161 cm³/mol. The van der Waals surface area contributed by atoms with Crippen LogP contribution in [0.1, 0.15) is 74.5 Å². The number of cyclic esters (lactones) is 1. The molecule has 3 atom stereocenters. The maximum absolute atomic E-state index is 13.8. The zero-order chi connectivity index (χ0) is 29.4. The van der Waals surface area contributed by atoms with Crippen LogP contribution in [-0.2, 0) is 38.5 Å². The molecule has 0 aromatic heterocycles. The molecule has 2 aromatic carbocycles. The van der Waals surface area contributed by atoms with E-state index >= 15 is 0 Å². The van der Waals surface area contributed by atoms with Crippen molar-refractivity contribution >= 4 is 17.8 Å². The minimum atomic E-state index is -0.600. The molecular weight excluding hydrogens is 528 g/mol. The largest absolute Gasteiger partial charge is 0.463 e. The molecule has 7 heteroatoms. The first-order chi connectivity index (χ1) is 20.5. The summed E-state index contributed by atoms with van der Waals surface area (Å²) in [5, 5.41) is 13.3. The Morgan fingerprint density at radius 3 is 2.45 bits per heavy atom. The Hall–Kier alpha value is -3.45. The highest BCUT2D eigenvalue weighted by Crippen LogP contribution is 2.32. The van der Waals surface area contributed by atoms with Crippen molar-refractivity contribution < 1.29 is 24.2 Å². The molecule has 0 bridgehead atoms. The van der Waals surface area contributed by atoms with Gasteiger partial charge in [0, 0.05) is 13.0 Å². The van der Waals surface area contributed by atoms with Crippen molar-refractivity contribution in [3.63, 3.8) is 0 Å². The van der Waals surface area contributed by atoms with Crippen LogP contribution in [0.4, 0.5) is 0 Å². The average molecular weight is 573 g/mol. The molecule has 1 spiro atoms. The topological polar surface area (TPSA) is 95.9 Å². The molecule has 2 N–H and O–H groups in total. The molecule has 224 valence electrons. The highest BCUT2D eigenvalue weighted by molar-refractivity contribution is 5.86. The number of allylic oxidation sites excluding steroid dienone is 2. The van der Waals surface area contributed by atoms with E-state index in [0.29, 0.717) is 25.8 Å². The molecule has 1 saturated carbocycles. The molecule has 42 heavy (non-hydrogen) atoms. The van der Waals surface area contributed by atoms with E-state index in [1.54, 1.807) is 4.90 Å². The Morgan fingerprint density at radius 1 is 0.952 bits per heavy atom. The van der Waals surface area contributed by atoms with Gasteiger partial charge >= 0.3 is 5.97 Å². The Labute approximate surface area is 249 Å². The van der Waals surface area contributed by atoms with Crippen molar-refractivity contribution in [2.24, 2.45) is 11.8 Å². The fourth-order valence-corrected chi connectivity index (χ4v) is 6.76. The summed E-state index contributed by atoms with van der Waals surface area (Å²) < 4.78 is 5.96. The van der Waals surface area contributed by atoms with Crippen molar-refractivity contribution in [1.29, 1.82) is 0 Å². The second-order valence-electron chi connectivity index (χ2n) is 12.3. The molecule has 5 rings (SSSR count). The van der Waals surface area contributed by atoms with E-state index in [4.69, 9.17) is 4.74 Å². The second kappa shape index (κ2) is 14.1. The van der Waals surface area contributed by atoms with Gasteiger partial charge in [0.25, 0.3) is 0 Å². The molecule has 2 aromatic rings. The number of aliphatic hydroxyl groups is 1. The summed E-state index contributed by atoms with van der Waals surface area (Å²) >= 11 is 0. The number of ether oxygens (including phenoxy) is 1. The number of aliphatic hydroxyl groups excluding tert-OH is 1. The van der Waals surface area contributed by atoms with Crippen LogP contribution in [0.3, 0.4) is 0 Å². The van der Waals surface area contributed by atoms with Gasteiger partial charge in [0.15, 0.2) is 0 Å². The second-order valence-corrected chi connectivity index (χ2v) is 12.3. The zero-order valence-electron chi connectivity index (χ0n) is 24.5. The molecule has 2 aliphatic heterocycles. The van der Waals surface area contributed by atoms with Crippen molar-refractivity contribution in [3.05, 3.63) is 83.4 Å².